The molecule has 1 saturated carbocycles. The van der Waals surface area contributed by atoms with Crippen LogP contribution in [0.2, 0.25) is 0 Å². The van der Waals surface area contributed by atoms with Gasteiger partial charge in [0.15, 0.2) is 12.3 Å². The first-order chi connectivity index (χ1) is 23.6. The number of rotatable bonds is 10. The van der Waals surface area contributed by atoms with Gasteiger partial charge in [-0.1, -0.05) is 95.8 Å². The Morgan fingerprint density at radius 2 is 1.43 bits per heavy atom. The molecule has 6 N–H and O–H groups in total. The Labute approximate surface area is 321 Å². The normalized spacial score (nSPS) is 30.7. The molecule has 0 amide bonds. The predicted molar refractivity (Wildman–Crippen MR) is 211 cm³/mol. The summed E-state index contributed by atoms with van der Waals surface area (Å²) >= 11 is 7.33. The molecule has 0 unspecified atom stereocenters. The molecule has 14 heteroatoms. The van der Waals surface area contributed by atoms with E-state index in [0.29, 0.717) is 26.2 Å². The molecular formula is C37H60N4O7S3. The van der Waals surface area contributed by atoms with Gasteiger partial charge in [-0.3, -0.25) is 0 Å². The smallest absolute Gasteiger partial charge is 0.180 e. The largest absolute Gasteiger partial charge is 0.624 e. The zero-order chi connectivity index (χ0) is 36.5. The highest BCUT2D eigenvalue weighted by molar-refractivity contribution is 8.07. The van der Waals surface area contributed by atoms with Crippen LogP contribution in [0, 0.1) is 40.2 Å². The third kappa shape index (κ3) is 13.7. The van der Waals surface area contributed by atoms with Gasteiger partial charge in [-0.25, -0.2) is 4.74 Å². The highest BCUT2D eigenvalue weighted by Crippen LogP contribution is 2.33. The summed E-state index contributed by atoms with van der Waals surface area (Å²) < 4.78 is 12.7. The highest BCUT2D eigenvalue weighted by Gasteiger charge is 2.46. The van der Waals surface area contributed by atoms with E-state index < -0.39 is 18.2 Å². The fourth-order valence-corrected chi connectivity index (χ4v) is 6.80. The Balaban J connectivity index is 0.000000725. The van der Waals surface area contributed by atoms with Gasteiger partial charge in [0.25, 0.3) is 0 Å². The summed E-state index contributed by atoms with van der Waals surface area (Å²) in [4.78, 5) is 0. The second-order valence-corrected chi connectivity index (χ2v) is 12.8. The number of aliphatic hydroxyl groups is 3. The minimum atomic E-state index is -0.798. The Morgan fingerprint density at radius 3 is 1.82 bits per heavy atom. The molecule has 3 aliphatic rings. The van der Waals surface area contributed by atoms with Crippen LogP contribution in [0.5, 0.6) is 0 Å². The topological polar surface area (TPSA) is 178 Å². The van der Waals surface area contributed by atoms with Crippen molar-refractivity contribution in [3.05, 3.63) is 77.0 Å². The number of nitrogens with zero attached hydrogens (tertiary/aromatic N) is 3. The van der Waals surface area contributed by atoms with Crippen molar-refractivity contribution in [2.24, 2.45) is 29.4 Å². The Morgan fingerprint density at radius 1 is 0.922 bits per heavy atom. The average Bonchev–Trinajstić information content (AvgIpc) is 3.68. The summed E-state index contributed by atoms with van der Waals surface area (Å²) in [6.45, 7) is 9.50. The molecule has 11 nitrogen and oxygen atoms in total. The van der Waals surface area contributed by atoms with E-state index in [1.807, 2.05) is 81.4 Å². The summed E-state index contributed by atoms with van der Waals surface area (Å²) in [5.74, 6) is 0.158. The van der Waals surface area contributed by atoms with Crippen LogP contribution >= 0.6 is 13.5 Å². The van der Waals surface area contributed by atoms with E-state index in [0.717, 1.165) is 28.7 Å². The van der Waals surface area contributed by atoms with Gasteiger partial charge in [-0.05, 0) is 30.5 Å². The lowest BCUT2D eigenvalue weighted by Gasteiger charge is -2.19. The molecule has 0 spiro atoms. The number of hydroxylamine groups is 3. The highest BCUT2D eigenvalue weighted by atomic mass is 32.8. The van der Waals surface area contributed by atoms with Crippen molar-refractivity contribution in [3.63, 3.8) is 0 Å². The molecule has 2 fully saturated rings. The van der Waals surface area contributed by atoms with Crippen molar-refractivity contribution in [3.8, 4) is 6.07 Å². The van der Waals surface area contributed by atoms with Crippen LogP contribution < -0.4 is 5.73 Å². The molecule has 2 aromatic carbocycles. The summed E-state index contributed by atoms with van der Waals surface area (Å²) in [6, 6.07) is 21.5. The maximum Gasteiger partial charge on any atom is 0.180 e. The molecule has 11 atom stereocenters. The zero-order valence-electron chi connectivity index (χ0n) is 29.4. The first-order valence-electron chi connectivity index (χ1n) is 16.9. The second-order valence-electron chi connectivity index (χ2n) is 12.8. The van der Waals surface area contributed by atoms with Gasteiger partial charge in [0.05, 0.1) is 43.5 Å². The third-order valence-electron chi connectivity index (χ3n) is 9.80. The molecule has 51 heavy (non-hydrogen) atoms. The number of hydrogen-bond donors (Lipinski definition) is 5. The minimum absolute atomic E-state index is 0. The third-order valence-corrected chi connectivity index (χ3v) is 9.80. The quantitative estimate of drug-likeness (QED) is 0.172. The van der Waals surface area contributed by atoms with Crippen molar-refractivity contribution in [1.29, 1.82) is 5.26 Å². The van der Waals surface area contributed by atoms with E-state index in [2.05, 4.69) is 35.4 Å². The van der Waals surface area contributed by atoms with Gasteiger partial charge in [0.1, 0.15) is 12.1 Å². The van der Waals surface area contributed by atoms with Crippen LogP contribution in [0.25, 0.3) is 0 Å². The molecule has 2 aromatic rings. The first kappa shape index (κ1) is 48.9. The van der Waals surface area contributed by atoms with Crippen LogP contribution in [-0.4, -0.2) is 92.2 Å². The first-order valence-corrected chi connectivity index (χ1v) is 18.3. The summed E-state index contributed by atoms with van der Waals surface area (Å²) in [7, 11) is 0. The van der Waals surface area contributed by atoms with Gasteiger partial charge >= 0.3 is 0 Å². The van der Waals surface area contributed by atoms with Crippen molar-refractivity contribution in [2.45, 2.75) is 110 Å². The van der Waals surface area contributed by atoms with E-state index in [-0.39, 0.29) is 75.5 Å². The van der Waals surface area contributed by atoms with Crippen LogP contribution in [0.3, 0.4) is 0 Å². The molecule has 0 radical (unpaired) electrons. The van der Waals surface area contributed by atoms with Crippen molar-refractivity contribution >= 4 is 42.1 Å². The monoisotopic (exact) mass is 768 g/mol. The molecule has 1 aliphatic carbocycles. The number of benzene rings is 2. The van der Waals surface area contributed by atoms with Crippen molar-refractivity contribution < 1.29 is 34.7 Å². The van der Waals surface area contributed by atoms with Crippen LogP contribution in [-0.2, 0) is 45.1 Å². The minimum Gasteiger partial charge on any atom is -0.624 e. The summed E-state index contributed by atoms with van der Waals surface area (Å²) in [5, 5.41) is 59.4. The lowest BCUT2D eigenvalue weighted by atomic mass is 9.97. The maximum absolute atomic E-state index is 11.6. The van der Waals surface area contributed by atoms with E-state index in [1.165, 1.54) is 5.06 Å². The summed E-state index contributed by atoms with van der Waals surface area (Å²) in [6.07, 6.45) is 2.10. The summed E-state index contributed by atoms with van der Waals surface area (Å²) in [5.41, 5.74) is 7.57. The van der Waals surface area contributed by atoms with Crippen LogP contribution in [0.15, 0.2) is 60.7 Å². The maximum atomic E-state index is 11.6. The molecule has 2 aliphatic heterocycles. The number of nitrogens with two attached hydrogens (primary N) is 1. The SMILES string of the molecule is C.CC[C@H]1[C@H](C)[C@H](OCc2ccccc2)C=[N+]1[O-].CC[C@H]1[C@H](C)[C@H](OCc2ccccc2)[C@@H](C#N)N1O.NC[C@H]1C[C@@H](CO)[C@H](O)[C@@H]1O.S.S=S. The van der Waals surface area contributed by atoms with E-state index >= 15 is 0 Å². The van der Waals surface area contributed by atoms with Crippen molar-refractivity contribution in [2.75, 3.05) is 13.2 Å². The fraction of sp³-hybridized carbons (Fsp3) is 0.622. The van der Waals surface area contributed by atoms with Crippen molar-refractivity contribution in [1.82, 2.24) is 5.06 Å². The van der Waals surface area contributed by atoms with Gasteiger partial charge < -0.3 is 40.9 Å². The van der Waals surface area contributed by atoms with E-state index in [1.54, 1.807) is 6.21 Å². The molecule has 5 rings (SSSR count). The van der Waals surface area contributed by atoms with Gasteiger partial charge in [-0.15, -0.1) is 0 Å². The Bertz CT molecular complexity index is 1260. The number of hydrogen-bond acceptors (Lipinski definition) is 12. The van der Waals surface area contributed by atoms with Gasteiger partial charge in [0, 0.05) is 59.2 Å². The van der Waals surface area contributed by atoms with E-state index in [9.17, 15) is 25.9 Å². The predicted octanol–water partition coefficient (Wildman–Crippen LogP) is 4.20. The second kappa shape index (κ2) is 25.8. The molecule has 288 valence electrons. The molecule has 0 bridgehead atoms. The zero-order valence-corrected chi connectivity index (χ0v) is 32.0. The Hall–Kier alpha value is -2.13. The molecule has 2 heterocycles. The number of aliphatic hydroxyl groups excluding tert-OH is 3. The van der Waals surface area contributed by atoms with E-state index in [4.69, 9.17) is 20.3 Å². The number of nitriles is 1. The molecular weight excluding hydrogens is 709 g/mol. The standard InChI is InChI=1S/C15H20N2O2.C14H19NO2.C7H15NO3.CH4.S2.H2S/c1-3-13-11(2)15(14(9-16)17(13)18)19-10-12-7-5-4-6-8-12;1-3-13-11(2)14(9-15(13)16)17-10-12-7-5-4-6-8-12;8-2-4-1-5(3-9)7(11)6(4)10;;1-2;/h4-8,11,13-15,18H,3,10H2,1-2H3;4-9,11,13-14H,3,10H2,1-2H3;4-7,9-11H,1-3,8H2;1H4;;1H2/t11-,13-,14+,15-;11-,13-,14+;4-,5+,6-,7+;;;/m001.../s1. The van der Waals surface area contributed by atoms with Crippen LogP contribution in [0.4, 0.5) is 0 Å². The molecule has 0 aromatic heterocycles. The van der Waals surface area contributed by atoms with Gasteiger partial charge in [0.2, 0.25) is 0 Å². The lowest BCUT2D eigenvalue weighted by molar-refractivity contribution is -0.495. The van der Waals surface area contributed by atoms with Crippen LogP contribution in [0.1, 0.15) is 65.5 Å². The number of ether oxygens (including phenoxy) is 2. The fourth-order valence-electron chi connectivity index (χ4n) is 6.80. The Kier molecular flexibility index (Phi) is 24.7. The average molecular weight is 769 g/mol. The molecule has 1 saturated heterocycles. The lowest BCUT2D eigenvalue weighted by Crippen LogP contribution is -2.35. The van der Waals surface area contributed by atoms with Gasteiger partial charge in [-0.2, -0.15) is 23.8 Å².